The van der Waals surface area contributed by atoms with Gasteiger partial charge in [0.15, 0.2) is 0 Å². The van der Waals surface area contributed by atoms with Crippen molar-refractivity contribution >= 4 is 23.0 Å². The number of fused-ring (bicyclic) bond motifs is 1. The minimum atomic E-state index is -0.354. The lowest BCUT2D eigenvalue weighted by Crippen LogP contribution is -2.41. The second-order valence-electron chi connectivity index (χ2n) is 7.77. The molecule has 32 heavy (non-hydrogen) atoms. The van der Waals surface area contributed by atoms with Crippen molar-refractivity contribution in [3.05, 3.63) is 64.5 Å². The van der Waals surface area contributed by atoms with Gasteiger partial charge in [-0.3, -0.25) is 9.59 Å². The molecule has 0 radical (unpaired) electrons. The van der Waals surface area contributed by atoms with Gasteiger partial charge in [0.05, 0.1) is 23.5 Å². The summed E-state index contributed by atoms with van der Waals surface area (Å²) in [6, 6.07) is 14.2. The van der Waals surface area contributed by atoms with Crippen LogP contribution in [0.2, 0.25) is 0 Å². The van der Waals surface area contributed by atoms with E-state index in [1.807, 2.05) is 30.3 Å². The number of ether oxygens (including phenoxy) is 2. The van der Waals surface area contributed by atoms with E-state index in [-0.39, 0.29) is 23.4 Å². The van der Waals surface area contributed by atoms with Crippen LogP contribution in [-0.4, -0.2) is 36.7 Å². The molecule has 0 saturated carbocycles. The molecule has 0 bridgehead atoms. The minimum absolute atomic E-state index is 0.126. The molecule has 2 aromatic carbocycles. The van der Waals surface area contributed by atoms with Crippen LogP contribution in [0.25, 0.3) is 22.1 Å². The fourth-order valence-corrected chi connectivity index (χ4v) is 4.00. The normalized spacial score (nSPS) is 14.4. The zero-order valence-corrected chi connectivity index (χ0v) is 18.1. The summed E-state index contributed by atoms with van der Waals surface area (Å²) in [6.07, 6.45) is 0.675. The Hall–Kier alpha value is -3.61. The number of likely N-dealkylation sites (tertiary alicyclic amines) is 1. The number of aryl methyl sites for hydroxylation is 1. The Kier molecular flexibility index (Phi) is 6.25. The van der Waals surface area contributed by atoms with Crippen molar-refractivity contribution in [3.63, 3.8) is 0 Å². The minimum Gasteiger partial charge on any atom is -0.460 e. The zero-order chi connectivity index (χ0) is 22.7. The number of carbonyl (C=O) groups is 2. The highest BCUT2D eigenvalue weighted by atomic mass is 16.6. The Labute approximate surface area is 185 Å². The summed E-state index contributed by atoms with van der Waals surface area (Å²) in [5.74, 6) is 0.173. The average molecular weight is 435 g/mol. The van der Waals surface area contributed by atoms with Crippen LogP contribution in [-0.2, 0) is 9.53 Å². The van der Waals surface area contributed by atoms with Gasteiger partial charge >= 0.3 is 12.1 Å². The molecule has 166 valence electrons. The molecule has 0 spiro atoms. The van der Waals surface area contributed by atoms with E-state index >= 15 is 0 Å². The first kappa shape index (κ1) is 21.6. The van der Waals surface area contributed by atoms with Crippen molar-refractivity contribution < 1.29 is 23.5 Å². The van der Waals surface area contributed by atoms with E-state index in [0.717, 1.165) is 5.56 Å². The van der Waals surface area contributed by atoms with E-state index in [4.69, 9.17) is 13.9 Å². The predicted octanol–water partition coefficient (Wildman–Crippen LogP) is 4.54. The first-order valence-corrected chi connectivity index (χ1v) is 10.7. The summed E-state index contributed by atoms with van der Waals surface area (Å²) in [5.41, 5.74) is 1.57. The van der Waals surface area contributed by atoms with Crippen LogP contribution in [0.3, 0.4) is 0 Å². The van der Waals surface area contributed by atoms with Crippen LogP contribution >= 0.6 is 0 Å². The number of amides is 1. The maximum absolute atomic E-state index is 13.1. The standard InChI is InChI=1S/C25H25NO6/c1-3-30-25(29)26-13-11-18(12-14-26)24(28)32-19-9-10-20-21(15-19)31-16(2)22(23(20)27)17-7-5-4-6-8-17/h4-10,15,18H,3,11-14H2,1-2H3. The largest absolute Gasteiger partial charge is 0.460 e. The van der Waals surface area contributed by atoms with Crippen LogP contribution in [0.1, 0.15) is 25.5 Å². The van der Waals surface area contributed by atoms with Crippen molar-refractivity contribution in [2.75, 3.05) is 19.7 Å². The van der Waals surface area contributed by atoms with Gasteiger partial charge in [-0.15, -0.1) is 0 Å². The van der Waals surface area contributed by atoms with E-state index in [1.165, 1.54) is 0 Å². The van der Waals surface area contributed by atoms with Gasteiger partial charge in [0.1, 0.15) is 17.1 Å². The van der Waals surface area contributed by atoms with E-state index < -0.39 is 0 Å². The number of rotatable bonds is 4. The SMILES string of the molecule is CCOC(=O)N1CCC(C(=O)Oc2ccc3c(=O)c(-c4ccccc4)c(C)oc3c2)CC1. The smallest absolute Gasteiger partial charge is 0.409 e. The molecular weight excluding hydrogens is 410 g/mol. The molecule has 4 rings (SSSR count). The zero-order valence-electron chi connectivity index (χ0n) is 18.1. The Morgan fingerprint density at radius 1 is 1.09 bits per heavy atom. The topological polar surface area (TPSA) is 86.0 Å². The summed E-state index contributed by atoms with van der Waals surface area (Å²) in [7, 11) is 0. The van der Waals surface area contributed by atoms with Crippen LogP contribution < -0.4 is 10.2 Å². The van der Waals surface area contributed by atoms with Crippen molar-refractivity contribution in [2.24, 2.45) is 5.92 Å². The molecule has 0 atom stereocenters. The van der Waals surface area contributed by atoms with Crippen molar-refractivity contribution in [3.8, 4) is 16.9 Å². The van der Waals surface area contributed by atoms with Crippen molar-refractivity contribution in [1.29, 1.82) is 0 Å². The maximum Gasteiger partial charge on any atom is 0.409 e. The number of hydrogen-bond acceptors (Lipinski definition) is 6. The van der Waals surface area contributed by atoms with Gasteiger partial charge in [0.2, 0.25) is 5.43 Å². The summed E-state index contributed by atoms with van der Waals surface area (Å²) < 4.78 is 16.5. The van der Waals surface area contributed by atoms with Crippen LogP contribution in [0.5, 0.6) is 5.75 Å². The molecule has 1 aliphatic rings. The van der Waals surface area contributed by atoms with Gasteiger partial charge in [-0.1, -0.05) is 30.3 Å². The van der Waals surface area contributed by atoms with Crippen molar-refractivity contribution in [1.82, 2.24) is 4.90 Å². The Balaban J connectivity index is 1.50. The third-order valence-corrected chi connectivity index (χ3v) is 5.68. The third-order valence-electron chi connectivity index (χ3n) is 5.68. The summed E-state index contributed by atoms with van der Waals surface area (Å²) in [5, 5.41) is 0.428. The van der Waals surface area contributed by atoms with E-state index in [2.05, 4.69) is 0 Å². The van der Waals surface area contributed by atoms with E-state index in [9.17, 15) is 14.4 Å². The number of piperidine rings is 1. The molecule has 1 amide bonds. The van der Waals surface area contributed by atoms with E-state index in [1.54, 1.807) is 36.9 Å². The number of nitrogens with zero attached hydrogens (tertiary/aromatic N) is 1. The quantitative estimate of drug-likeness (QED) is 0.442. The number of esters is 1. The molecule has 1 saturated heterocycles. The molecule has 2 heterocycles. The second-order valence-corrected chi connectivity index (χ2v) is 7.77. The monoisotopic (exact) mass is 435 g/mol. The molecule has 3 aromatic rings. The molecule has 0 N–H and O–H groups in total. The lowest BCUT2D eigenvalue weighted by molar-refractivity contribution is -0.140. The predicted molar refractivity (Wildman–Crippen MR) is 120 cm³/mol. The lowest BCUT2D eigenvalue weighted by Gasteiger charge is -2.29. The molecule has 0 aliphatic carbocycles. The highest BCUT2D eigenvalue weighted by molar-refractivity contribution is 5.85. The Morgan fingerprint density at radius 2 is 1.81 bits per heavy atom. The van der Waals surface area contributed by atoms with Gasteiger partial charge < -0.3 is 18.8 Å². The van der Waals surface area contributed by atoms with Crippen molar-refractivity contribution in [2.45, 2.75) is 26.7 Å². The average Bonchev–Trinajstić information content (AvgIpc) is 2.80. The van der Waals surface area contributed by atoms with Gasteiger partial charge in [0.25, 0.3) is 0 Å². The Morgan fingerprint density at radius 3 is 2.50 bits per heavy atom. The summed E-state index contributed by atoms with van der Waals surface area (Å²) >= 11 is 0. The van der Waals surface area contributed by atoms with Gasteiger partial charge in [-0.05, 0) is 44.4 Å². The highest BCUT2D eigenvalue weighted by Crippen LogP contribution is 2.27. The van der Waals surface area contributed by atoms with Crippen LogP contribution in [0, 0.1) is 12.8 Å². The highest BCUT2D eigenvalue weighted by Gasteiger charge is 2.29. The number of carbonyl (C=O) groups excluding carboxylic acids is 2. The molecule has 0 unspecified atom stereocenters. The molecule has 1 fully saturated rings. The van der Waals surface area contributed by atoms with Gasteiger partial charge in [0, 0.05) is 19.2 Å². The number of hydrogen-bond donors (Lipinski definition) is 0. The third kappa shape index (κ3) is 4.37. The van der Waals surface area contributed by atoms with Gasteiger partial charge in [-0.2, -0.15) is 0 Å². The first-order chi connectivity index (χ1) is 15.5. The molecule has 7 heteroatoms. The summed E-state index contributed by atoms with van der Waals surface area (Å²) in [6.45, 7) is 4.74. The maximum atomic E-state index is 13.1. The second kappa shape index (κ2) is 9.26. The van der Waals surface area contributed by atoms with Gasteiger partial charge in [-0.25, -0.2) is 4.79 Å². The van der Waals surface area contributed by atoms with E-state index in [0.29, 0.717) is 60.6 Å². The fourth-order valence-electron chi connectivity index (χ4n) is 4.00. The molecular formula is C25H25NO6. The first-order valence-electron chi connectivity index (χ1n) is 10.7. The number of benzene rings is 2. The lowest BCUT2D eigenvalue weighted by atomic mass is 9.97. The molecule has 1 aromatic heterocycles. The van der Waals surface area contributed by atoms with Crippen LogP contribution in [0.4, 0.5) is 4.79 Å². The Bertz CT molecular complexity index is 1190. The molecule has 7 nitrogen and oxygen atoms in total. The molecule has 1 aliphatic heterocycles. The summed E-state index contributed by atoms with van der Waals surface area (Å²) in [4.78, 5) is 39.1. The fraction of sp³-hybridized carbons (Fsp3) is 0.320. The van der Waals surface area contributed by atoms with Crippen LogP contribution in [0.15, 0.2) is 57.7 Å².